The van der Waals surface area contributed by atoms with Crippen LogP contribution in [0.3, 0.4) is 0 Å². The molecule has 0 atom stereocenters. The minimum Gasteiger partial charge on any atom is -0.492 e. The van der Waals surface area contributed by atoms with E-state index in [4.69, 9.17) is 16.3 Å². The lowest BCUT2D eigenvalue weighted by Crippen LogP contribution is -2.37. The monoisotopic (exact) mass is 476 g/mol. The van der Waals surface area contributed by atoms with Gasteiger partial charge in [-0.15, -0.1) is 0 Å². The van der Waals surface area contributed by atoms with E-state index in [1.807, 2.05) is 6.92 Å². The maximum Gasteiger partial charge on any atom is 0.243 e. The van der Waals surface area contributed by atoms with Crippen LogP contribution in [0, 0.1) is 5.82 Å². The highest BCUT2D eigenvalue weighted by Crippen LogP contribution is 2.25. The maximum atomic E-state index is 13.3. The van der Waals surface area contributed by atoms with E-state index in [-0.39, 0.29) is 11.4 Å². The quantitative estimate of drug-likeness (QED) is 0.485. The summed E-state index contributed by atoms with van der Waals surface area (Å²) in [5, 5.41) is 3.09. The second-order valence-corrected chi connectivity index (χ2v) is 9.21. The van der Waals surface area contributed by atoms with Crippen LogP contribution in [0.2, 0.25) is 5.02 Å². The van der Waals surface area contributed by atoms with E-state index in [1.54, 1.807) is 24.3 Å². The predicted octanol–water partition coefficient (Wildman–Crippen LogP) is 4.71. The standard InChI is InChI=1S/C23H22ClFN2O4S/c1-2-31-22-6-4-3-5-21(22)26-23(28)16-27(15-17-7-11-19(25)12-8-17)32(29,30)20-13-9-18(24)10-14-20/h3-14H,2,15-16H2,1H3,(H,26,28). The van der Waals surface area contributed by atoms with Gasteiger partial charge in [0.1, 0.15) is 11.6 Å². The summed E-state index contributed by atoms with van der Waals surface area (Å²) in [6, 6.07) is 18.0. The summed E-state index contributed by atoms with van der Waals surface area (Å²) in [5.74, 6) is -0.503. The smallest absolute Gasteiger partial charge is 0.243 e. The molecule has 6 nitrogen and oxygen atoms in total. The molecule has 0 aliphatic carbocycles. The zero-order chi connectivity index (χ0) is 23.1. The molecule has 0 spiro atoms. The number of anilines is 1. The van der Waals surface area contributed by atoms with Gasteiger partial charge in [-0.25, -0.2) is 12.8 Å². The van der Waals surface area contributed by atoms with Crippen LogP contribution in [0.5, 0.6) is 5.75 Å². The fourth-order valence-electron chi connectivity index (χ4n) is 2.98. The molecule has 0 aliphatic rings. The van der Waals surface area contributed by atoms with Crippen LogP contribution < -0.4 is 10.1 Å². The minimum absolute atomic E-state index is 0.00784. The van der Waals surface area contributed by atoms with E-state index in [1.165, 1.54) is 48.5 Å². The number of hydrogen-bond acceptors (Lipinski definition) is 4. The Labute approximate surface area is 191 Å². The number of para-hydroxylation sites is 2. The van der Waals surface area contributed by atoms with Crippen molar-refractivity contribution in [2.45, 2.75) is 18.4 Å². The van der Waals surface area contributed by atoms with Gasteiger partial charge in [0.25, 0.3) is 0 Å². The molecular formula is C23H22ClFN2O4S. The zero-order valence-corrected chi connectivity index (χ0v) is 18.9. The largest absolute Gasteiger partial charge is 0.492 e. The third kappa shape index (κ3) is 6.06. The van der Waals surface area contributed by atoms with Gasteiger partial charge in [-0.2, -0.15) is 4.31 Å². The van der Waals surface area contributed by atoms with Gasteiger partial charge in [-0.1, -0.05) is 35.9 Å². The molecule has 1 amide bonds. The Balaban J connectivity index is 1.87. The molecule has 0 heterocycles. The van der Waals surface area contributed by atoms with E-state index in [0.717, 1.165) is 4.31 Å². The van der Waals surface area contributed by atoms with Crippen LogP contribution in [0.25, 0.3) is 0 Å². The van der Waals surface area contributed by atoms with Gasteiger partial charge >= 0.3 is 0 Å². The molecule has 32 heavy (non-hydrogen) atoms. The predicted molar refractivity (Wildman–Crippen MR) is 122 cm³/mol. The summed E-state index contributed by atoms with van der Waals surface area (Å²) in [6.45, 7) is 1.66. The van der Waals surface area contributed by atoms with Crippen molar-refractivity contribution >= 4 is 33.2 Å². The van der Waals surface area contributed by atoms with Crippen molar-refractivity contribution in [1.29, 1.82) is 0 Å². The first-order valence-electron chi connectivity index (χ1n) is 9.81. The molecule has 0 saturated heterocycles. The average Bonchev–Trinajstić information content (AvgIpc) is 2.76. The fourth-order valence-corrected chi connectivity index (χ4v) is 4.49. The Morgan fingerprint density at radius 1 is 1.03 bits per heavy atom. The number of carbonyl (C=O) groups is 1. The normalized spacial score (nSPS) is 11.4. The highest BCUT2D eigenvalue weighted by molar-refractivity contribution is 7.89. The molecule has 0 fully saturated rings. The zero-order valence-electron chi connectivity index (χ0n) is 17.3. The molecule has 0 unspecified atom stereocenters. The lowest BCUT2D eigenvalue weighted by molar-refractivity contribution is -0.116. The molecule has 3 aromatic carbocycles. The van der Waals surface area contributed by atoms with Crippen molar-refractivity contribution in [2.24, 2.45) is 0 Å². The molecule has 3 rings (SSSR count). The van der Waals surface area contributed by atoms with E-state index < -0.39 is 28.3 Å². The Morgan fingerprint density at radius 3 is 2.34 bits per heavy atom. The number of carbonyl (C=O) groups excluding carboxylic acids is 1. The number of benzene rings is 3. The number of amides is 1. The molecule has 168 valence electrons. The maximum absolute atomic E-state index is 13.3. The van der Waals surface area contributed by atoms with E-state index >= 15 is 0 Å². The van der Waals surface area contributed by atoms with Gasteiger partial charge < -0.3 is 10.1 Å². The topological polar surface area (TPSA) is 75.7 Å². The summed E-state index contributed by atoms with van der Waals surface area (Å²) < 4.78 is 46.4. The number of rotatable bonds is 9. The highest BCUT2D eigenvalue weighted by Gasteiger charge is 2.27. The van der Waals surface area contributed by atoms with Gasteiger partial charge in [-0.3, -0.25) is 4.79 Å². The third-order valence-corrected chi connectivity index (χ3v) is 6.56. The Bertz CT molecular complexity index is 1170. The number of ether oxygens (including phenoxy) is 1. The molecule has 0 aromatic heterocycles. The van der Waals surface area contributed by atoms with Gasteiger partial charge in [0, 0.05) is 11.6 Å². The second kappa shape index (κ2) is 10.6. The summed E-state index contributed by atoms with van der Waals surface area (Å²) in [7, 11) is -4.04. The number of nitrogens with one attached hydrogen (secondary N) is 1. The Hall–Kier alpha value is -2.94. The third-order valence-electron chi connectivity index (χ3n) is 4.50. The van der Waals surface area contributed by atoms with Crippen LogP contribution in [0.1, 0.15) is 12.5 Å². The summed E-state index contributed by atoms with van der Waals surface area (Å²) in [6.07, 6.45) is 0. The average molecular weight is 477 g/mol. The molecule has 9 heteroatoms. The lowest BCUT2D eigenvalue weighted by atomic mass is 10.2. The minimum atomic E-state index is -4.04. The summed E-state index contributed by atoms with van der Waals surface area (Å²) in [4.78, 5) is 12.8. The number of halogens is 2. The van der Waals surface area contributed by atoms with Crippen LogP contribution in [-0.4, -0.2) is 31.8 Å². The SMILES string of the molecule is CCOc1ccccc1NC(=O)CN(Cc1ccc(F)cc1)S(=O)(=O)c1ccc(Cl)cc1. The Kier molecular flexibility index (Phi) is 7.84. The van der Waals surface area contributed by atoms with Crippen molar-refractivity contribution in [3.63, 3.8) is 0 Å². The number of nitrogens with zero attached hydrogens (tertiary/aromatic N) is 1. The summed E-state index contributed by atoms with van der Waals surface area (Å²) >= 11 is 5.88. The molecule has 0 aliphatic heterocycles. The van der Waals surface area contributed by atoms with Gasteiger partial charge in [0.05, 0.1) is 23.7 Å². The van der Waals surface area contributed by atoms with Crippen LogP contribution in [-0.2, 0) is 21.4 Å². The first-order chi connectivity index (χ1) is 15.3. The Morgan fingerprint density at radius 2 is 1.69 bits per heavy atom. The number of sulfonamides is 1. The molecule has 0 radical (unpaired) electrons. The first-order valence-corrected chi connectivity index (χ1v) is 11.6. The van der Waals surface area contributed by atoms with Gasteiger partial charge in [0.2, 0.25) is 15.9 Å². The highest BCUT2D eigenvalue weighted by atomic mass is 35.5. The fraction of sp³-hybridized carbons (Fsp3) is 0.174. The van der Waals surface area contributed by atoms with Crippen molar-refractivity contribution in [2.75, 3.05) is 18.5 Å². The van der Waals surface area contributed by atoms with Crippen LogP contribution >= 0.6 is 11.6 Å². The molecule has 3 aromatic rings. The van der Waals surface area contributed by atoms with Crippen molar-refractivity contribution in [3.8, 4) is 5.75 Å². The van der Waals surface area contributed by atoms with Crippen molar-refractivity contribution < 1.29 is 22.3 Å². The van der Waals surface area contributed by atoms with E-state index in [2.05, 4.69) is 5.32 Å². The summed E-state index contributed by atoms with van der Waals surface area (Å²) in [5.41, 5.74) is 0.969. The van der Waals surface area contributed by atoms with Crippen LogP contribution in [0.4, 0.5) is 10.1 Å². The second-order valence-electron chi connectivity index (χ2n) is 6.83. The number of hydrogen-bond donors (Lipinski definition) is 1. The van der Waals surface area contributed by atoms with Gasteiger partial charge in [0.15, 0.2) is 0 Å². The van der Waals surface area contributed by atoms with E-state index in [9.17, 15) is 17.6 Å². The molecule has 0 bridgehead atoms. The molecular weight excluding hydrogens is 455 g/mol. The molecule has 0 saturated carbocycles. The van der Waals surface area contributed by atoms with Crippen molar-refractivity contribution in [1.82, 2.24) is 4.31 Å². The lowest BCUT2D eigenvalue weighted by Gasteiger charge is -2.22. The van der Waals surface area contributed by atoms with Crippen molar-refractivity contribution in [3.05, 3.63) is 89.2 Å². The van der Waals surface area contributed by atoms with Gasteiger partial charge in [-0.05, 0) is 61.0 Å². The molecule has 1 N–H and O–H groups in total. The first kappa shape index (κ1) is 23.7. The van der Waals surface area contributed by atoms with Crippen LogP contribution in [0.15, 0.2) is 77.7 Å². The van der Waals surface area contributed by atoms with E-state index in [0.29, 0.717) is 28.6 Å².